The van der Waals surface area contributed by atoms with E-state index >= 15 is 0 Å². The number of anilines is 3. The minimum atomic E-state index is 0.898. The molecule has 13 rings (SSSR count). The normalized spacial score (nSPS) is 11.5. The molecule has 0 N–H and O–H groups in total. The number of nitrogens with zero attached hydrogens (tertiary/aromatic N) is 2. The van der Waals surface area contributed by atoms with E-state index in [1.54, 1.807) is 0 Å². The number of para-hydroxylation sites is 6. The zero-order valence-corrected chi connectivity index (χ0v) is 37.7. The van der Waals surface area contributed by atoms with Crippen LogP contribution < -0.4 is 4.90 Å². The summed E-state index contributed by atoms with van der Waals surface area (Å²) < 4.78 is 8.89. The van der Waals surface area contributed by atoms with Gasteiger partial charge < -0.3 is 13.9 Å². The minimum absolute atomic E-state index is 0.898. The lowest BCUT2D eigenvalue weighted by atomic mass is 9.96. The number of rotatable bonds is 9. The topological polar surface area (TPSA) is 21.3 Å². The summed E-state index contributed by atoms with van der Waals surface area (Å²) in [6.45, 7) is 0. The Balaban J connectivity index is 0.903. The average Bonchev–Trinajstić information content (AvgIpc) is 3.98. The van der Waals surface area contributed by atoms with Gasteiger partial charge in [-0.3, -0.25) is 0 Å². The second kappa shape index (κ2) is 16.9. The van der Waals surface area contributed by atoms with E-state index in [9.17, 15) is 0 Å². The van der Waals surface area contributed by atoms with Crippen LogP contribution in [0.3, 0.4) is 0 Å². The standard InChI is InChI=1S/C66H44N2O/c1-2-16-45(17-3-1)50-18-14-19-51(44-50)46-36-40-52(41-37-46)67(53-42-38-49(39-43-53)56-25-15-26-60-59-24-8-13-31-65(59)69-66(56)60)61-27-9-4-20-54(61)47-32-34-48(35-33-47)55-21-5-10-28-62(55)68-63-29-11-6-22-57(63)58-23-7-12-30-64(58)68/h1-44H. The van der Waals surface area contributed by atoms with E-state index in [1.165, 1.54) is 44.1 Å². The van der Waals surface area contributed by atoms with Crippen LogP contribution in [0, 0.1) is 0 Å². The monoisotopic (exact) mass is 880 g/mol. The van der Waals surface area contributed by atoms with Gasteiger partial charge in [-0.25, -0.2) is 0 Å². The van der Waals surface area contributed by atoms with Crippen LogP contribution in [0.5, 0.6) is 0 Å². The van der Waals surface area contributed by atoms with Gasteiger partial charge in [0.05, 0.1) is 22.4 Å². The van der Waals surface area contributed by atoms with Crippen molar-refractivity contribution in [2.24, 2.45) is 0 Å². The van der Waals surface area contributed by atoms with Crippen molar-refractivity contribution < 1.29 is 4.42 Å². The third-order valence-corrected chi connectivity index (χ3v) is 13.6. The van der Waals surface area contributed by atoms with Crippen LogP contribution in [-0.2, 0) is 0 Å². The van der Waals surface area contributed by atoms with Gasteiger partial charge in [-0.15, -0.1) is 0 Å². The quantitative estimate of drug-likeness (QED) is 0.144. The van der Waals surface area contributed by atoms with Gasteiger partial charge in [-0.2, -0.15) is 0 Å². The molecule has 3 nitrogen and oxygen atoms in total. The Hall–Kier alpha value is -9.18. The fourth-order valence-corrected chi connectivity index (χ4v) is 10.3. The fourth-order valence-electron chi connectivity index (χ4n) is 10.3. The molecule has 0 fully saturated rings. The van der Waals surface area contributed by atoms with E-state index in [2.05, 4.69) is 264 Å². The molecule has 0 unspecified atom stereocenters. The van der Waals surface area contributed by atoms with Crippen LogP contribution >= 0.6 is 0 Å². The summed E-state index contributed by atoms with van der Waals surface area (Å²) in [6, 6.07) is 96.0. The smallest absolute Gasteiger partial charge is 0.143 e. The highest BCUT2D eigenvalue weighted by molar-refractivity contribution is 6.11. The largest absolute Gasteiger partial charge is 0.455 e. The first-order valence-corrected chi connectivity index (χ1v) is 23.6. The second-order valence-corrected chi connectivity index (χ2v) is 17.6. The molecule has 0 amide bonds. The molecule has 2 heterocycles. The van der Waals surface area contributed by atoms with Crippen molar-refractivity contribution in [3.63, 3.8) is 0 Å². The van der Waals surface area contributed by atoms with Crippen molar-refractivity contribution in [2.75, 3.05) is 4.90 Å². The van der Waals surface area contributed by atoms with Crippen LogP contribution in [0.2, 0.25) is 0 Å². The van der Waals surface area contributed by atoms with Crippen LogP contribution in [0.15, 0.2) is 271 Å². The van der Waals surface area contributed by atoms with Crippen LogP contribution in [-0.4, -0.2) is 4.57 Å². The zero-order chi connectivity index (χ0) is 45.7. The molecule has 69 heavy (non-hydrogen) atoms. The van der Waals surface area contributed by atoms with Gasteiger partial charge in [0, 0.05) is 49.6 Å². The van der Waals surface area contributed by atoms with Crippen molar-refractivity contribution in [3.05, 3.63) is 267 Å². The lowest BCUT2D eigenvalue weighted by Crippen LogP contribution is -2.11. The summed E-state index contributed by atoms with van der Waals surface area (Å²) in [6.07, 6.45) is 0. The van der Waals surface area contributed by atoms with Crippen LogP contribution in [0.1, 0.15) is 0 Å². The second-order valence-electron chi connectivity index (χ2n) is 17.6. The highest BCUT2D eigenvalue weighted by atomic mass is 16.3. The number of hydrogen-bond donors (Lipinski definition) is 0. The van der Waals surface area contributed by atoms with Gasteiger partial charge in [0.1, 0.15) is 11.2 Å². The van der Waals surface area contributed by atoms with Crippen molar-refractivity contribution >= 4 is 60.8 Å². The summed E-state index contributed by atoms with van der Waals surface area (Å²) in [7, 11) is 0. The Morgan fingerprint density at radius 1 is 0.290 bits per heavy atom. The summed E-state index contributed by atoms with van der Waals surface area (Å²) in [5.74, 6) is 0. The van der Waals surface area contributed by atoms with Crippen molar-refractivity contribution in [2.45, 2.75) is 0 Å². The van der Waals surface area contributed by atoms with Crippen LogP contribution in [0.25, 0.3) is 105 Å². The Labute approximate surface area is 401 Å². The molecule has 0 saturated heterocycles. The molecule has 3 heteroatoms. The maximum Gasteiger partial charge on any atom is 0.143 e. The van der Waals surface area contributed by atoms with Crippen molar-refractivity contribution in [3.8, 4) is 61.3 Å². The van der Waals surface area contributed by atoms with Gasteiger partial charge in [0.15, 0.2) is 0 Å². The van der Waals surface area contributed by atoms with E-state index in [1.807, 2.05) is 12.1 Å². The Morgan fingerprint density at radius 2 is 0.739 bits per heavy atom. The van der Waals surface area contributed by atoms with E-state index < -0.39 is 0 Å². The highest BCUT2D eigenvalue weighted by Gasteiger charge is 2.20. The average molecular weight is 881 g/mol. The first kappa shape index (κ1) is 40.1. The molecule has 0 aliphatic carbocycles. The lowest BCUT2D eigenvalue weighted by Gasteiger charge is -2.28. The highest BCUT2D eigenvalue weighted by Crippen LogP contribution is 2.44. The Bertz CT molecular complexity index is 3940. The first-order valence-electron chi connectivity index (χ1n) is 23.6. The van der Waals surface area contributed by atoms with Gasteiger partial charge >= 0.3 is 0 Å². The third kappa shape index (κ3) is 7.08. The molecule has 13 aromatic rings. The maximum atomic E-state index is 6.48. The van der Waals surface area contributed by atoms with Crippen LogP contribution in [0.4, 0.5) is 17.1 Å². The number of fused-ring (bicyclic) bond motifs is 6. The summed E-state index contributed by atoms with van der Waals surface area (Å²) in [5, 5.41) is 4.76. The summed E-state index contributed by atoms with van der Waals surface area (Å²) >= 11 is 0. The predicted octanol–water partition coefficient (Wildman–Crippen LogP) is 18.5. The Morgan fingerprint density at radius 3 is 1.43 bits per heavy atom. The van der Waals surface area contributed by atoms with E-state index in [4.69, 9.17) is 4.42 Å². The zero-order valence-electron chi connectivity index (χ0n) is 37.7. The molecule has 0 saturated carbocycles. The first-order chi connectivity index (χ1) is 34.2. The summed E-state index contributed by atoms with van der Waals surface area (Å²) in [5.41, 5.74) is 20.1. The van der Waals surface area contributed by atoms with E-state index in [0.717, 1.165) is 78.1 Å². The molecular formula is C66H44N2O. The molecule has 0 atom stereocenters. The molecule has 0 aliphatic rings. The molecule has 0 spiro atoms. The number of hydrogen-bond acceptors (Lipinski definition) is 2. The van der Waals surface area contributed by atoms with E-state index in [-0.39, 0.29) is 0 Å². The van der Waals surface area contributed by atoms with Gasteiger partial charge in [0.25, 0.3) is 0 Å². The van der Waals surface area contributed by atoms with Crippen molar-refractivity contribution in [1.82, 2.24) is 4.57 Å². The summed E-state index contributed by atoms with van der Waals surface area (Å²) in [4.78, 5) is 2.39. The number of furan rings is 1. The van der Waals surface area contributed by atoms with Crippen molar-refractivity contribution in [1.29, 1.82) is 0 Å². The molecule has 0 radical (unpaired) electrons. The van der Waals surface area contributed by atoms with Gasteiger partial charge in [0.2, 0.25) is 0 Å². The van der Waals surface area contributed by atoms with Gasteiger partial charge in [-0.05, 0) is 99.6 Å². The molecule has 11 aromatic carbocycles. The third-order valence-electron chi connectivity index (χ3n) is 13.6. The molecule has 2 aromatic heterocycles. The Kier molecular flexibility index (Phi) is 9.84. The minimum Gasteiger partial charge on any atom is -0.455 e. The SMILES string of the molecule is c1ccc(-c2cccc(-c3ccc(N(c4ccc(-c5cccc6c5oc5ccccc56)cc4)c4ccccc4-c4ccc(-c5ccccc5-n5c6ccccc6c6ccccc65)cc4)cc3)c2)cc1. The fraction of sp³-hybridized carbons (Fsp3) is 0. The van der Waals surface area contributed by atoms with Gasteiger partial charge in [-0.1, -0.05) is 206 Å². The molecule has 0 bridgehead atoms. The molecule has 0 aliphatic heterocycles. The molecule has 324 valence electrons. The molecular weight excluding hydrogens is 837 g/mol. The predicted molar refractivity (Wildman–Crippen MR) is 290 cm³/mol. The lowest BCUT2D eigenvalue weighted by molar-refractivity contribution is 0.670. The number of aromatic nitrogens is 1. The number of benzene rings is 11. The van der Waals surface area contributed by atoms with E-state index in [0.29, 0.717) is 0 Å². The maximum absolute atomic E-state index is 6.48.